The number of unbranched alkanes of at least 4 members (excludes halogenated alkanes) is 13. The Balaban J connectivity index is 4.50. The first kappa shape index (κ1) is 73.5. The largest absolute Gasteiger partial charge is 0.462 e. The molecule has 0 saturated carbocycles. The SMILES string of the molecule is CC/C=C\C/C=C\C/C=C\C/C=C\C/C=C\C/C=C\CCC(=O)OC(COC(=O)CCCC/C=C\C/C=C\C/C=C\C/C=C\CC)COC(=O)CCCCCCCCCCCCC/C=C\C/C=C\C/C=C\C/C=C\C/C=C\CC. The zero-order valence-electron chi connectivity index (χ0n) is 50.3. The average Bonchev–Trinajstić information content (AvgIpc) is 3.45. The number of carbonyl (C=O) groups excluding carboxylic acids is 3. The van der Waals surface area contributed by atoms with Crippen LogP contribution in [0.15, 0.2) is 182 Å². The summed E-state index contributed by atoms with van der Waals surface area (Å²) in [6.45, 7) is 6.18. The fourth-order valence-corrected chi connectivity index (χ4v) is 7.84. The zero-order chi connectivity index (χ0) is 57.1. The van der Waals surface area contributed by atoms with Crippen LogP contribution in [0.2, 0.25) is 0 Å². The van der Waals surface area contributed by atoms with Crippen LogP contribution >= 0.6 is 0 Å². The molecule has 0 aliphatic rings. The van der Waals surface area contributed by atoms with Gasteiger partial charge in [0, 0.05) is 19.3 Å². The molecule has 0 saturated heterocycles. The predicted octanol–water partition coefficient (Wildman–Crippen LogP) is 21.7. The van der Waals surface area contributed by atoms with Gasteiger partial charge in [-0.3, -0.25) is 14.4 Å². The Morgan fingerprint density at radius 1 is 0.253 bits per heavy atom. The Kier molecular flexibility index (Phi) is 60.5. The molecule has 0 aliphatic carbocycles. The van der Waals surface area contributed by atoms with Crippen LogP contribution in [0.4, 0.5) is 0 Å². The van der Waals surface area contributed by atoms with Gasteiger partial charge in [-0.2, -0.15) is 0 Å². The summed E-state index contributed by atoms with van der Waals surface area (Å²) >= 11 is 0. The third kappa shape index (κ3) is 63.2. The van der Waals surface area contributed by atoms with Gasteiger partial charge in [0.25, 0.3) is 0 Å². The summed E-state index contributed by atoms with van der Waals surface area (Å²) < 4.78 is 16.8. The average molecular weight is 1090 g/mol. The highest BCUT2D eigenvalue weighted by molar-refractivity contribution is 5.71. The van der Waals surface area contributed by atoms with Crippen molar-refractivity contribution < 1.29 is 28.6 Å². The van der Waals surface area contributed by atoms with Gasteiger partial charge in [-0.15, -0.1) is 0 Å². The fourth-order valence-electron chi connectivity index (χ4n) is 7.84. The molecular formula is C73H112O6. The summed E-state index contributed by atoms with van der Waals surface area (Å²) in [5.74, 6) is -1.07. The highest BCUT2D eigenvalue weighted by Gasteiger charge is 2.19. The van der Waals surface area contributed by atoms with Crippen molar-refractivity contribution in [3.63, 3.8) is 0 Å². The first-order valence-electron chi connectivity index (χ1n) is 31.3. The maximum absolute atomic E-state index is 12.9. The Morgan fingerprint density at radius 3 is 0.785 bits per heavy atom. The minimum absolute atomic E-state index is 0.132. The summed E-state index contributed by atoms with van der Waals surface area (Å²) in [6, 6.07) is 0. The van der Waals surface area contributed by atoms with E-state index < -0.39 is 12.1 Å². The van der Waals surface area contributed by atoms with Gasteiger partial charge in [-0.1, -0.05) is 261 Å². The number of allylic oxidation sites excluding steroid dienone is 30. The molecule has 0 N–H and O–H groups in total. The molecule has 1 unspecified atom stereocenters. The summed E-state index contributed by atoms with van der Waals surface area (Å²) in [7, 11) is 0. The molecule has 1 atom stereocenters. The standard InChI is InChI=1S/C73H112O6/c1-4-7-10-13-16-19-22-25-28-30-32-33-34-35-36-37-38-39-41-42-45-48-51-54-57-60-63-66-72(75)78-69-70(68-77-71(74)65-62-59-56-53-50-47-44-27-24-21-18-15-12-9-6-3)79-73(76)67-64-61-58-55-52-49-46-43-40-31-29-26-23-20-17-14-11-8-5-2/h7-12,16-21,25-29,32-33,35-36,40,43-44,49-50,52-53,58,61,70H,4-6,13-15,22-24,30-31,34,37-39,41-42,45-48,51,54-57,59-60,62-69H2,1-3H3/b10-7-,11-8-,12-9-,19-16-,20-17-,21-18-,28-25-,29-26-,33-32-,36-35-,43-40-,44-27-,52-49-,53-50-,61-58-. The van der Waals surface area contributed by atoms with Crippen LogP contribution in [0.1, 0.15) is 239 Å². The molecule has 0 rings (SSSR count). The van der Waals surface area contributed by atoms with Gasteiger partial charge >= 0.3 is 17.9 Å². The van der Waals surface area contributed by atoms with E-state index in [1.54, 1.807) is 0 Å². The molecular weight excluding hydrogens is 973 g/mol. The third-order valence-corrected chi connectivity index (χ3v) is 12.4. The molecule has 0 heterocycles. The van der Waals surface area contributed by atoms with Gasteiger partial charge in [-0.05, 0) is 141 Å². The molecule has 0 aromatic rings. The lowest BCUT2D eigenvalue weighted by atomic mass is 10.0. The van der Waals surface area contributed by atoms with Crippen molar-refractivity contribution >= 4 is 17.9 Å². The van der Waals surface area contributed by atoms with Crippen molar-refractivity contribution in [2.45, 2.75) is 245 Å². The molecule has 0 spiro atoms. The maximum atomic E-state index is 12.9. The second kappa shape index (κ2) is 65.0. The molecule has 0 fully saturated rings. The Bertz CT molecular complexity index is 1870. The fraction of sp³-hybridized carbons (Fsp3) is 0.548. The van der Waals surface area contributed by atoms with Crippen LogP contribution in [-0.4, -0.2) is 37.2 Å². The van der Waals surface area contributed by atoms with Crippen LogP contribution in [0, 0.1) is 0 Å². The lowest BCUT2D eigenvalue weighted by Gasteiger charge is -2.18. The van der Waals surface area contributed by atoms with Crippen molar-refractivity contribution in [2.75, 3.05) is 13.2 Å². The van der Waals surface area contributed by atoms with Gasteiger partial charge in [0.1, 0.15) is 13.2 Å². The van der Waals surface area contributed by atoms with Crippen LogP contribution in [0.5, 0.6) is 0 Å². The van der Waals surface area contributed by atoms with Gasteiger partial charge in [0.2, 0.25) is 0 Å². The van der Waals surface area contributed by atoms with E-state index in [9.17, 15) is 14.4 Å². The quantitative estimate of drug-likeness (QED) is 0.0261. The molecule has 0 amide bonds. The lowest BCUT2D eigenvalue weighted by Crippen LogP contribution is -2.30. The monoisotopic (exact) mass is 1080 g/mol. The van der Waals surface area contributed by atoms with Gasteiger partial charge in [0.05, 0.1) is 0 Å². The van der Waals surface area contributed by atoms with Crippen LogP contribution in [0.3, 0.4) is 0 Å². The first-order valence-corrected chi connectivity index (χ1v) is 31.3. The molecule has 79 heavy (non-hydrogen) atoms. The highest BCUT2D eigenvalue weighted by atomic mass is 16.6. The number of hydrogen-bond donors (Lipinski definition) is 0. The van der Waals surface area contributed by atoms with E-state index in [-0.39, 0.29) is 38.0 Å². The van der Waals surface area contributed by atoms with Gasteiger partial charge in [0.15, 0.2) is 6.10 Å². The van der Waals surface area contributed by atoms with Crippen molar-refractivity contribution in [3.8, 4) is 0 Å². The predicted molar refractivity (Wildman–Crippen MR) is 343 cm³/mol. The summed E-state index contributed by atoms with van der Waals surface area (Å²) in [5.41, 5.74) is 0. The van der Waals surface area contributed by atoms with Crippen LogP contribution < -0.4 is 0 Å². The molecule has 0 aromatic carbocycles. The Labute approximate surface area is 484 Å². The normalized spacial score (nSPS) is 13.4. The van der Waals surface area contributed by atoms with Crippen molar-refractivity contribution in [3.05, 3.63) is 182 Å². The Hall–Kier alpha value is -5.49. The lowest BCUT2D eigenvalue weighted by molar-refractivity contribution is -0.166. The molecule has 0 aliphatic heterocycles. The topological polar surface area (TPSA) is 78.9 Å². The molecule has 6 heteroatoms. The second-order valence-electron chi connectivity index (χ2n) is 19.8. The number of ether oxygens (including phenoxy) is 3. The van der Waals surface area contributed by atoms with Gasteiger partial charge < -0.3 is 14.2 Å². The van der Waals surface area contributed by atoms with E-state index >= 15 is 0 Å². The van der Waals surface area contributed by atoms with E-state index in [1.165, 1.54) is 57.8 Å². The van der Waals surface area contributed by atoms with Crippen molar-refractivity contribution in [2.24, 2.45) is 0 Å². The first-order chi connectivity index (χ1) is 39.0. The third-order valence-electron chi connectivity index (χ3n) is 12.4. The Morgan fingerprint density at radius 2 is 0.481 bits per heavy atom. The molecule has 6 nitrogen and oxygen atoms in total. The zero-order valence-corrected chi connectivity index (χ0v) is 50.3. The van der Waals surface area contributed by atoms with Crippen LogP contribution in [0.25, 0.3) is 0 Å². The number of carbonyl (C=O) groups is 3. The molecule has 0 bridgehead atoms. The van der Waals surface area contributed by atoms with Gasteiger partial charge in [-0.25, -0.2) is 0 Å². The van der Waals surface area contributed by atoms with E-state index in [0.29, 0.717) is 19.3 Å². The summed E-state index contributed by atoms with van der Waals surface area (Å²) in [6.07, 6.45) is 97.7. The molecule has 0 aromatic heterocycles. The smallest absolute Gasteiger partial charge is 0.306 e. The summed E-state index contributed by atoms with van der Waals surface area (Å²) in [4.78, 5) is 38.3. The van der Waals surface area contributed by atoms with E-state index in [2.05, 4.69) is 191 Å². The van der Waals surface area contributed by atoms with E-state index in [1.807, 2.05) is 12.2 Å². The molecule has 0 radical (unpaired) electrons. The van der Waals surface area contributed by atoms with Crippen molar-refractivity contribution in [1.82, 2.24) is 0 Å². The minimum atomic E-state index is -0.848. The molecule has 440 valence electrons. The van der Waals surface area contributed by atoms with Crippen molar-refractivity contribution in [1.29, 1.82) is 0 Å². The summed E-state index contributed by atoms with van der Waals surface area (Å²) in [5, 5.41) is 0. The van der Waals surface area contributed by atoms with Crippen LogP contribution in [-0.2, 0) is 28.6 Å². The number of hydrogen-bond acceptors (Lipinski definition) is 6. The second-order valence-corrected chi connectivity index (χ2v) is 19.8. The maximum Gasteiger partial charge on any atom is 0.306 e. The van der Waals surface area contributed by atoms with E-state index in [4.69, 9.17) is 14.2 Å². The highest BCUT2D eigenvalue weighted by Crippen LogP contribution is 2.14. The number of esters is 3. The minimum Gasteiger partial charge on any atom is -0.462 e. The number of rotatable bonds is 54. The van der Waals surface area contributed by atoms with E-state index in [0.717, 1.165) is 128 Å².